The summed E-state index contributed by atoms with van der Waals surface area (Å²) in [7, 11) is 3.34. The quantitative estimate of drug-likeness (QED) is 0.841. The van der Waals surface area contributed by atoms with E-state index in [2.05, 4.69) is 17.3 Å². The molecule has 1 heterocycles. The molecule has 1 aromatic heterocycles. The number of nitrogens with two attached hydrogens (primary N) is 1. The van der Waals surface area contributed by atoms with Gasteiger partial charge in [-0.3, -0.25) is 4.68 Å². The van der Waals surface area contributed by atoms with Crippen LogP contribution >= 0.6 is 0 Å². The van der Waals surface area contributed by atoms with E-state index >= 15 is 0 Å². The molecule has 0 amide bonds. The molecule has 5 heteroatoms. The molecule has 0 spiro atoms. The molecule has 0 fully saturated rings. The summed E-state index contributed by atoms with van der Waals surface area (Å²) in [5.74, 6) is 1.55. The van der Waals surface area contributed by atoms with Gasteiger partial charge in [0, 0.05) is 11.6 Å². The first-order valence-corrected chi connectivity index (χ1v) is 6.72. The molecule has 0 saturated carbocycles. The van der Waals surface area contributed by atoms with Crippen molar-refractivity contribution in [3.05, 3.63) is 34.1 Å². The average molecular weight is 273 g/mol. The average Bonchev–Trinajstić information content (AvgIpc) is 2.96. The Morgan fingerprint density at radius 1 is 1.40 bits per heavy atom. The Morgan fingerprint density at radius 3 is 2.85 bits per heavy atom. The summed E-state index contributed by atoms with van der Waals surface area (Å²) in [5, 5.41) is 6.64. The zero-order valence-electron chi connectivity index (χ0n) is 12.0. The van der Waals surface area contributed by atoms with Crippen molar-refractivity contribution in [3.8, 4) is 5.88 Å². The molecule has 5 nitrogen and oxygen atoms in total. The van der Waals surface area contributed by atoms with Crippen LogP contribution in [0, 0.1) is 0 Å². The number of rotatable bonds is 4. The zero-order valence-corrected chi connectivity index (χ0v) is 12.0. The highest BCUT2D eigenvalue weighted by molar-refractivity contribution is 5.85. The zero-order chi connectivity index (χ0) is 14.3. The van der Waals surface area contributed by atoms with Crippen LogP contribution in [0.5, 0.6) is 5.88 Å². The minimum absolute atomic E-state index is 0.0405. The fourth-order valence-electron chi connectivity index (χ4n) is 2.78. The van der Waals surface area contributed by atoms with Crippen molar-refractivity contribution in [2.24, 2.45) is 5.73 Å². The van der Waals surface area contributed by atoms with Crippen LogP contribution in [0.25, 0.3) is 11.6 Å². The Morgan fingerprint density at radius 2 is 2.20 bits per heavy atom. The van der Waals surface area contributed by atoms with Gasteiger partial charge in [-0.25, -0.2) is 0 Å². The topological polar surface area (TPSA) is 62.3 Å². The van der Waals surface area contributed by atoms with Crippen LogP contribution < -0.4 is 21.0 Å². The standard InChI is InChI=1S/C15H19N3O2/c1-9(16)8-18-12-7-11-10(5-4-6-13(11)19-2)14(12)15(17-18)20-3/h4,6-7,9H,5,8,16H2,1-3H3. The van der Waals surface area contributed by atoms with Crippen LogP contribution in [-0.4, -0.2) is 30.0 Å². The van der Waals surface area contributed by atoms with Gasteiger partial charge in [0.2, 0.25) is 5.88 Å². The molecule has 1 atom stereocenters. The maximum absolute atomic E-state index is 5.90. The van der Waals surface area contributed by atoms with Gasteiger partial charge >= 0.3 is 0 Å². The van der Waals surface area contributed by atoms with Crippen molar-refractivity contribution in [2.75, 3.05) is 14.2 Å². The highest BCUT2D eigenvalue weighted by Crippen LogP contribution is 2.29. The Labute approximate surface area is 117 Å². The lowest BCUT2D eigenvalue weighted by atomic mass is 9.99. The molecule has 20 heavy (non-hydrogen) atoms. The molecule has 2 N–H and O–H groups in total. The summed E-state index contributed by atoms with van der Waals surface area (Å²) in [6, 6.07) is 0.0405. The van der Waals surface area contributed by atoms with E-state index in [0.29, 0.717) is 12.4 Å². The summed E-state index contributed by atoms with van der Waals surface area (Å²) in [6.07, 6.45) is 7.09. The van der Waals surface area contributed by atoms with Gasteiger partial charge in [0.1, 0.15) is 5.76 Å². The van der Waals surface area contributed by atoms with Gasteiger partial charge in [0.25, 0.3) is 0 Å². The van der Waals surface area contributed by atoms with Crippen molar-refractivity contribution in [1.29, 1.82) is 0 Å². The molecule has 106 valence electrons. The van der Waals surface area contributed by atoms with Crippen molar-refractivity contribution >= 4 is 11.6 Å². The van der Waals surface area contributed by atoms with Gasteiger partial charge in [-0.05, 0) is 31.1 Å². The van der Waals surface area contributed by atoms with E-state index in [0.717, 1.165) is 28.3 Å². The number of allylic oxidation sites excluding steroid dienone is 3. The van der Waals surface area contributed by atoms with Gasteiger partial charge in [-0.2, -0.15) is 0 Å². The smallest absolute Gasteiger partial charge is 0.240 e. The number of aromatic nitrogens is 2. The summed E-state index contributed by atoms with van der Waals surface area (Å²) in [5.41, 5.74) is 8.24. The fourth-order valence-corrected chi connectivity index (χ4v) is 2.78. The van der Waals surface area contributed by atoms with Crippen molar-refractivity contribution < 1.29 is 9.47 Å². The van der Waals surface area contributed by atoms with Gasteiger partial charge in [0.05, 0.1) is 31.3 Å². The van der Waals surface area contributed by atoms with Crippen LogP contribution in [0.1, 0.15) is 13.3 Å². The van der Waals surface area contributed by atoms with E-state index in [4.69, 9.17) is 15.2 Å². The lowest BCUT2D eigenvalue weighted by Crippen LogP contribution is -2.33. The van der Waals surface area contributed by atoms with Crippen LogP contribution in [0.3, 0.4) is 0 Å². The van der Waals surface area contributed by atoms with Gasteiger partial charge in [0.15, 0.2) is 0 Å². The van der Waals surface area contributed by atoms with Crippen molar-refractivity contribution in [3.63, 3.8) is 0 Å². The number of nitrogens with zero attached hydrogens (tertiary/aromatic N) is 2. The monoisotopic (exact) mass is 273 g/mol. The largest absolute Gasteiger partial charge is 0.496 e. The minimum Gasteiger partial charge on any atom is -0.496 e. The van der Waals surface area contributed by atoms with E-state index in [1.807, 2.05) is 17.7 Å². The third-order valence-electron chi connectivity index (χ3n) is 3.60. The van der Waals surface area contributed by atoms with E-state index < -0.39 is 0 Å². The summed E-state index contributed by atoms with van der Waals surface area (Å²) >= 11 is 0. The number of ether oxygens (including phenoxy) is 2. The molecular weight excluding hydrogens is 254 g/mol. The molecule has 2 aliphatic carbocycles. The Hall–Kier alpha value is -2.01. The molecule has 0 saturated heterocycles. The first kappa shape index (κ1) is 13.0. The predicted octanol–water partition coefficient (Wildman–Crippen LogP) is 0.0441. The molecule has 0 bridgehead atoms. The SMILES string of the molecule is COC1=C2C=c3c(c(OC)nn3CC(C)N)=C2CC=C1. The van der Waals surface area contributed by atoms with E-state index in [-0.39, 0.29) is 6.04 Å². The molecule has 2 aliphatic rings. The van der Waals surface area contributed by atoms with E-state index in [1.54, 1.807) is 14.2 Å². The van der Waals surface area contributed by atoms with E-state index in [9.17, 15) is 0 Å². The normalized spacial score (nSPS) is 17.7. The maximum atomic E-state index is 5.90. The number of hydrogen-bond acceptors (Lipinski definition) is 4. The third kappa shape index (κ3) is 1.86. The lowest BCUT2D eigenvalue weighted by molar-refractivity contribution is 0.304. The van der Waals surface area contributed by atoms with E-state index in [1.165, 1.54) is 5.57 Å². The van der Waals surface area contributed by atoms with Crippen LogP contribution in [0.2, 0.25) is 0 Å². The Kier molecular flexibility index (Phi) is 3.14. The number of methoxy groups -OCH3 is 2. The number of hydrogen-bond donors (Lipinski definition) is 1. The molecule has 1 unspecified atom stereocenters. The van der Waals surface area contributed by atoms with Crippen molar-refractivity contribution in [1.82, 2.24) is 9.78 Å². The van der Waals surface area contributed by atoms with Crippen LogP contribution in [0.4, 0.5) is 0 Å². The second-order valence-corrected chi connectivity index (χ2v) is 5.14. The second-order valence-electron chi connectivity index (χ2n) is 5.14. The lowest BCUT2D eigenvalue weighted by Gasteiger charge is -2.13. The molecule has 1 aromatic rings. The maximum Gasteiger partial charge on any atom is 0.240 e. The summed E-state index contributed by atoms with van der Waals surface area (Å²) in [4.78, 5) is 0. The van der Waals surface area contributed by atoms with Crippen LogP contribution in [0.15, 0.2) is 23.5 Å². The Balaban J connectivity index is 2.27. The van der Waals surface area contributed by atoms with Gasteiger partial charge < -0.3 is 15.2 Å². The van der Waals surface area contributed by atoms with Gasteiger partial charge in [-0.1, -0.05) is 6.08 Å². The molecular formula is C15H19N3O2. The van der Waals surface area contributed by atoms with Gasteiger partial charge in [-0.15, -0.1) is 5.10 Å². The van der Waals surface area contributed by atoms with Crippen molar-refractivity contribution in [2.45, 2.75) is 25.9 Å². The summed E-state index contributed by atoms with van der Waals surface area (Å²) in [6.45, 7) is 2.63. The molecule has 0 radical (unpaired) electrons. The molecule has 0 aromatic carbocycles. The second kappa shape index (κ2) is 4.83. The molecule has 0 aliphatic heterocycles. The highest BCUT2D eigenvalue weighted by Gasteiger charge is 2.23. The predicted molar refractivity (Wildman–Crippen MR) is 77.3 cm³/mol. The highest BCUT2D eigenvalue weighted by atomic mass is 16.5. The Bertz CT molecular complexity index is 723. The first-order chi connectivity index (χ1) is 9.65. The molecule has 3 rings (SSSR count). The third-order valence-corrected chi connectivity index (χ3v) is 3.60. The fraction of sp³-hybridized carbons (Fsp3) is 0.400. The number of fused-ring (bicyclic) bond motifs is 2. The summed E-state index contributed by atoms with van der Waals surface area (Å²) < 4.78 is 12.8. The van der Waals surface area contributed by atoms with Crippen LogP contribution in [-0.2, 0) is 11.3 Å². The first-order valence-electron chi connectivity index (χ1n) is 6.72. The minimum atomic E-state index is 0.0405.